The van der Waals surface area contributed by atoms with Gasteiger partial charge in [0.1, 0.15) is 0 Å². The molecule has 1 aliphatic rings. The van der Waals surface area contributed by atoms with Gasteiger partial charge in [0.2, 0.25) is 5.95 Å². The van der Waals surface area contributed by atoms with Gasteiger partial charge in [0, 0.05) is 25.5 Å². The first-order valence-corrected chi connectivity index (χ1v) is 7.59. The fourth-order valence-electron chi connectivity index (χ4n) is 3.14. The van der Waals surface area contributed by atoms with Gasteiger partial charge in [0.05, 0.1) is 11.0 Å². The predicted octanol–water partition coefficient (Wildman–Crippen LogP) is 3.56. The van der Waals surface area contributed by atoms with Crippen LogP contribution in [0.15, 0.2) is 24.3 Å². The molecule has 4 heteroatoms. The minimum Gasteiger partial charge on any atom is -0.338 e. The zero-order valence-corrected chi connectivity index (χ0v) is 12.1. The Morgan fingerprint density at radius 2 is 2.05 bits per heavy atom. The number of anilines is 1. The maximum Gasteiger partial charge on any atom is 0.206 e. The van der Waals surface area contributed by atoms with Crippen LogP contribution in [0.25, 0.3) is 11.0 Å². The SMILES string of the molecule is Cn1c(N(CCCl)C2CCCC2)nc2ccccc21. The Bertz CT molecular complexity index is 558. The average molecular weight is 278 g/mol. The highest BCUT2D eigenvalue weighted by Crippen LogP contribution is 2.29. The van der Waals surface area contributed by atoms with E-state index >= 15 is 0 Å². The third-order valence-electron chi connectivity index (χ3n) is 4.11. The number of hydrogen-bond donors (Lipinski definition) is 0. The van der Waals surface area contributed by atoms with Crippen molar-refractivity contribution in [3.63, 3.8) is 0 Å². The molecule has 1 heterocycles. The lowest BCUT2D eigenvalue weighted by atomic mass is 10.2. The van der Waals surface area contributed by atoms with Crippen LogP contribution in [0.4, 0.5) is 5.95 Å². The van der Waals surface area contributed by atoms with E-state index in [9.17, 15) is 0 Å². The van der Waals surface area contributed by atoms with Crippen molar-refractivity contribution in [2.24, 2.45) is 7.05 Å². The molecule has 1 fully saturated rings. The quantitative estimate of drug-likeness (QED) is 0.797. The van der Waals surface area contributed by atoms with Gasteiger partial charge in [-0.15, -0.1) is 11.6 Å². The predicted molar refractivity (Wildman–Crippen MR) is 81.0 cm³/mol. The van der Waals surface area contributed by atoms with Crippen LogP contribution in [0, 0.1) is 0 Å². The normalized spacial score (nSPS) is 16.3. The molecule has 1 saturated carbocycles. The molecule has 0 unspecified atom stereocenters. The molecule has 19 heavy (non-hydrogen) atoms. The summed E-state index contributed by atoms with van der Waals surface area (Å²) in [6.07, 6.45) is 5.18. The van der Waals surface area contributed by atoms with Gasteiger partial charge in [-0.25, -0.2) is 4.98 Å². The summed E-state index contributed by atoms with van der Waals surface area (Å²) in [5.41, 5.74) is 2.26. The third-order valence-corrected chi connectivity index (χ3v) is 4.28. The van der Waals surface area contributed by atoms with E-state index in [2.05, 4.69) is 34.7 Å². The van der Waals surface area contributed by atoms with Crippen molar-refractivity contribution in [1.82, 2.24) is 9.55 Å². The van der Waals surface area contributed by atoms with Gasteiger partial charge in [-0.3, -0.25) is 0 Å². The van der Waals surface area contributed by atoms with Gasteiger partial charge in [-0.1, -0.05) is 25.0 Å². The number of benzene rings is 1. The fraction of sp³-hybridized carbons (Fsp3) is 0.533. The van der Waals surface area contributed by atoms with Gasteiger partial charge >= 0.3 is 0 Å². The molecule has 1 aliphatic carbocycles. The topological polar surface area (TPSA) is 21.1 Å². The Morgan fingerprint density at radius 1 is 1.32 bits per heavy atom. The number of fused-ring (bicyclic) bond motifs is 1. The lowest BCUT2D eigenvalue weighted by Crippen LogP contribution is -2.36. The van der Waals surface area contributed by atoms with Crippen LogP contribution >= 0.6 is 11.6 Å². The first kappa shape index (κ1) is 12.8. The third kappa shape index (κ3) is 2.32. The second-order valence-corrected chi connectivity index (χ2v) is 5.66. The standard InChI is InChI=1S/C15H20ClN3/c1-18-14-9-5-4-8-13(14)17-15(18)19(11-10-16)12-6-2-3-7-12/h4-5,8-9,12H,2-3,6-7,10-11H2,1H3. The van der Waals surface area contributed by atoms with Crippen molar-refractivity contribution < 1.29 is 0 Å². The Kier molecular flexibility index (Phi) is 3.65. The molecule has 0 atom stereocenters. The number of aromatic nitrogens is 2. The Morgan fingerprint density at radius 3 is 2.74 bits per heavy atom. The van der Waals surface area contributed by atoms with E-state index < -0.39 is 0 Å². The molecule has 0 aliphatic heterocycles. The minimum atomic E-state index is 0.606. The van der Waals surface area contributed by atoms with Crippen LogP contribution < -0.4 is 4.90 Å². The highest BCUT2D eigenvalue weighted by Gasteiger charge is 2.25. The molecule has 3 rings (SSSR count). The zero-order chi connectivity index (χ0) is 13.2. The molecule has 0 bridgehead atoms. The maximum absolute atomic E-state index is 6.00. The zero-order valence-electron chi connectivity index (χ0n) is 11.3. The monoisotopic (exact) mass is 277 g/mol. The van der Waals surface area contributed by atoms with E-state index in [4.69, 9.17) is 16.6 Å². The summed E-state index contributed by atoms with van der Waals surface area (Å²) in [7, 11) is 2.10. The van der Waals surface area contributed by atoms with Crippen molar-refractivity contribution in [2.75, 3.05) is 17.3 Å². The maximum atomic E-state index is 6.00. The largest absolute Gasteiger partial charge is 0.338 e. The van der Waals surface area contributed by atoms with E-state index in [-0.39, 0.29) is 0 Å². The van der Waals surface area contributed by atoms with E-state index in [1.54, 1.807) is 0 Å². The van der Waals surface area contributed by atoms with Crippen LogP contribution in [0.2, 0.25) is 0 Å². The molecular weight excluding hydrogens is 258 g/mol. The Hall–Kier alpha value is -1.22. The molecule has 0 saturated heterocycles. The van der Waals surface area contributed by atoms with Crippen molar-refractivity contribution in [1.29, 1.82) is 0 Å². The summed E-state index contributed by atoms with van der Waals surface area (Å²) in [6, 6.07) is 8.91. The number of nitrogens with zero attached hydrogens (tertiary/aromatic N) is 3. The van der Waals surface area contributed by atoms with E-state index in [0.29, 0.717) is 11.9 Å². The highest BCUT2D eigenvalue weighted by atomic mass is 35.5. The molecule has 0 radical (unpaired) electrons. The molecule has 3 nitrogen and oxygen atoms in total. The first-order chi connectivity index (χ1) is 9.31. The molecule has 1 aromatic carbocycles. The summed E-state index contributed by atoms with van der Waals surface area (Å²) in [5, 5.41) is 0. The van der Waals surface area contributed by atoms with E-state index in [1.807, 2.05) is 6.07 Å². The summed E-state index contributed by atoms with van der Waals surface area (Å²) in [6.45, 7) is 0.878. The fourth-order valence-corrected chi connectivity index (χ4v) is 3.32. The van der Waals surface area contributed by atoms with Gasteiger partial charge in [-0.2, -0.15) is 0 Å². The van der Waals surface area contributed by atoms with Gasteiger partial charge in [-0.05, 0) is 25.0 Å². The van der Waals surface area contributed by atoms with Crippen LogP contribution in [0.5, 0.6) is 0 Å². The minimum absolute atomic E-state index is 0.606. The molecule has 2 aromatic rings. The number of hydrogen-bond acceptors (Lipinski definition) is 2. The van der Waals surface area contributed by atoms with Crippen LogP contribution in [-0.2, 0) is 7.05 Å². The molecule has 0 spiro atoms. The summed E-state index contributed by atoms with van der Waals surface area (Å²) in [4.78, 5) is 7.21. The Labute approximate surface area is 119 Å². The van der Waals surface area contributed by atoms with E-state index in [0.717, 1.165) is 18.0 Å². The molecule has 0 amide bonds. The number of aryl methyl sites for hydroxylation is 1. The van der Waals surface area contributed by atoms with Crippen molar-refractivity contribution in [3.8, 4) is 0 Å². The number of halogens is 1. The second-order valence-electron chi connectivity index (χ2n) is 5.28. The lowest BCUT2D eigenvalue weighted by Gasteiger charge is -2.29. The average Bonchev–Trinajstić information content (AvgIpc) is 3.05. The summed E-state index contributed by atoms with van der Waals surface area (Å²) < 4.78 is 2.19. The van der Waals surface area contributed by atoms with Gasteiger partial charge < -0.3 is 9.47 Å². The summed E-state index contributed by atoms with van der Waals surface area (Å²) in [5.74, 6) is 1.72. The van der Waals surface area contributed by atoms with Crippen LogP contribution in [-0.4, -0.2) is 28.0 Å². The number of alkyl halides is 1. The van der Waals surface area contributed by atoms with E-state index in [1.165, 1.54) is 31.2 Å². The van der Waals surface area contributed by atoms with Gasteiger partial charge in [0.25, 0.3) is 0 Å². The van der Waals surface area contributed by atoms with Crippen molar-refractivity contribution in [3.05, 3.63) is 24.3 Å². The molecule has 0 N–H and O–H groups in total. The lowest BCUT2D eigenvalue weighted by molar-refractivity contribution is 0.598. The molecule has 102 valence electrons. The van der Waals surface area contributed by atoms with Crippen LogP contribution in [0.1, 0.15) is 25.7 Å². The highest BCUT2D eigenvalue weighted by molar-refractivity contribution is 6.18. The Balaban J connectivity index is 2.01. The smallest absolute Gasteiger partial charge is 0.206 e. The van der Waals surface area contributed by atoms with Crippen molar-refractivity contribution in [2.45, 2.75) is 31.7 Å². The molecule has 1 aromatic heterocycles. The van der Waals surface area contributed by atoms with Gasteiger partial charge in [0.15, 0.2) is 0 Å². The number of rotatable bonds is 4. The number of para-hydroxylation sites is 2. The molecular formula is C15H20ClN3. The second kappa shape index (κ2) is 5.41. The van der Waals surface area contributed by atoms with Crippen molar-refractivity contribution >= 4 is 28.6 Å². The van der Waals surface area contributed by atoms with Crippen LogP contribution in [0.3, 0.4) is 0 Å². The summed E-state index contributed by atoms with van der Waals surface area (Å²) >= 11 is 6.00. The first-order valence-electron chi connectivity index (χ1n) is 7.05. The number of imidazole rings is 1.